The Hall–Kier alpha value is -2.99. The second-order valence-electron chi connectivity index (χ2n) is 9.15. The summed E-state index contributed by atoms with van der Waals surface area (Å²) in [6.45, 7) is 0.533. The highest BCUT2D eigenvalue weighted by atomic mass is 19.1. The number of likely N-dealkylation sites (tertiary alicyclic amines) is 1. The van der Waals surface area contributed by atoms with Crippen molar-refractivity contribution in [1.29, 1.82) is 0 Å². The zero-order valence-electron chi connectivity index (χ0n) is 18.6. The van der Waals surface area contributed by atoms with Crippen LogP contribution in [0.2, 0.25) is 0 Å². The minimum absolute atomic E-state index is 0.0852. The van der Waals surface area contributed by atoms with Gasteiger partial charge in [-0.15, -0.1) is 0 Å². The molecule has 1 aliphatic heterocycles. The van der Waals surface area contributed by atoms with Crippen LogP contribution >= 0.6 is 0 Å². The van der Waals surface area contributed by atoms with E-state index in [9.17, 15) is 19.1 Å². The van der Waals surface area contributed by atoms with E-state index in [1.807, 2.05) is 17.0 Å². The lowest BCUT2D eigenvalue weighted by Crippen LogP contribution is -2.37. The molecule has 1 saturated heterocycles. The van der Waals surface area contributed by atoms with E-state index in [1.165, 1.54) is 12.1 Å². The molecular weight excluding hydrogens is 421 g/mol. The van der Waals surface area contributed by atoms with Gasteiger partial charge in [0, 0.05) is 18.4 Å². The van der Waals surface area contributed by atoms with Crippen molar-refractivity contribution in [3.63, 3.8) is 0 Å². The van der Waals surface area contributed by atoms with E-state index < -0.39 is 17.5 Å². The molecule has 2 atom stereocenters. The number of nitrogens with zero attached hydrogens (tertiary/aromatic N) is 1. The fourth-order valence-electron chi connectivity index (χ4n) is 5.29. The van der Waals surface area contributed by atoms with Gasteiger partial charge in [0.2, 0.25) is 5.91 Å². The predicted molar refractivity (Wildman–Crippen MR) is 124 cm³/mol. The van der Waals surface area contributed by atoms with Crippen LogP contribution in [0.5, 0.6) is 0 Å². The van der Waals surface area contributed by atoms with Crippen LogP contribution in [0, 0.1) is 5.82 Å². The lowest BCUT2D eigenvalue weighted by Gasteiger charge is -2.34. The number of carbonyl (C=O) groups excluding carboxylic acids is 1. The lowest BCUT2D eigenvalue weighted by molar-refractivity contribution is -0.128. The minimum Gasteiger partial charge on any atom is -0.478 e. The first kappa shape index (κ1) is 23.2. The van der Waals surface area contributed by atoms with E-state index in [0.29, 0.717) is 25.8 Å². The van der Waals surface area contributed by atoms with Crippen LogP contribution < -0.4 is 0 Å². The molecule has 2 aromatic rings. The molecule has 0 aromatic heterocycles. The fourth-order valence-corrected chi connectivity index (χ4v) is 5.29. The van der Waals surface area contributed by atoms with E-state index in [1.54, 1.807) is 36.4 Å². The van der Waals surface area contributed by atoms with Crippen molar-refractivity contribution in [2.45, 2.75) is 62.5 Å². The molecule has 2 N–H and O–H groups in total. The van der Waals surface area contributed by atoms with Gasteiger partial charge in [-0.05, 0) is 61.1 Å². The molecule has 6 heteroatoms. The van der Waals surface area contributed by atoms with Gasteiger partial charge in [-0.25, -0.2) is 9.18 Å². The maximum atomic E-state index is 13.9. The number of carboxylic acids is 1. The molecule has 2 aromatic carbocycles. The Bertz CT molecular complexity index is 1030. The lowest BCUT2D eigenvalue weighted by atomic mass is 9.74. The average molecular weight is 452 g/mol. The monoisotopic (exact) mass is 451 g/mol. The van der Waals surface area contributed by atoms with Crippen LogP contribution in [0.25, 0.3) is 0 Å². The molecule has 0 radical (unpaired) electrons. The number of carbonyl (C=O) groups is 2. The first-order chi connectivity index (χ1) is 15.9. The van der Waals surface area contributed by atoms with Crippen LogP contribution in [0.4, 0.5) is 4.39 Å². The maximum absolute atomic E-state index is 13.9. The van der Waals surface area contributed by atoms with Gasteiger partial charge in [0.05, 0.1) is 17.7 Å². The Kier molecular flexibility index (Phi) is 6.94. The fraction of sp³-hybridized carbons (Fsp3) is 0.407. The summed E-state index contributed by atoms with van der Waals surface area (Å²) < 4.78 is 13.9. The number of amides is 1. The van der Waals surface area contributed by atoms with Gasteiger partial charge in [0.15, 0.2) is 0 Å². The Balaban J connectivity index is 1.44. The van der Waals surface area contributed by atoms with Gasteiger partial charge in [-0.2, -0.15) is 0 Å². The summed E-state index contributed by atoms with van der Waals surface area (Å²) in [4.78, 5) is 25.3. The predicted octanol–water partition coefficient (Wildman–Crippen LogP) is 4.49. The minimum atomic E-state index is -0.960. The Morgan fingerprint density at radius 3 is 2.58 bits per heavy atom. The number of aromatic carboxylic acids is 1. The molecule has 0 spiro atoms. The molecule has 5 nitrogen and oxygen atoms in total. The summed E-state index contributed by atoms with van der Waals surface area (Å²) >= 11 is 0. The number of halogens is 1. The van der Waals surface area contributed by atoms with Crippen molar-refractivity contribution >= 4 is 11.9 Å². The molecule has 1 saturated carbocycles. The van der Waals surface area contributed by atoms with Crippen molar-refractivity contribution in [2.75, 3.05) is 6.54 Å². The standard InChI is InChI=1S/C27H30FNO4/c28-22-5-3-4-21(18-22)27(15-1-2-16-27)24(30)12-10-23-11-13-25(31)29(23)17-14-19-6-8-20(9-7-19)26(32)33/h3-10,12,18,23-24,30H,1-2,11,13-17H2,(H,32,33)/b12-10+/t23-,24-/m0/s1. The second kappa shape index (κ2) is 9.87. The zero-order valence-corrected chi connectivity index (χ0v) is 18.6. The van der Waals surface area contributed by atoms with Gasteiger partial charge in [-0.3, -0.25) is 4.79 Å². The molecule has 1 amide bonds. The number of hydrogen-bond donors (Lipinski definition) is 2. The van der Waals surface area contributed by atoms with Crippen molar-refractivity contribution in [2.24, 2.45) is 0 Å². The van der Waals surface area contributed by atoms with E-state index in [4.69, 9.17) is 5.11 Å². The first-order valence-electron chi connectivity index (χ1n) is 11.6. The zero-order chi connectivity index (χ0) is 23.4. The van der Waals surface area contributed by atoms with Crippen LogP contribution in [-0.4, -0.2) is 45.7 Å². The number of hydrogen-bond acceptors (Lipinski definition) is 3. The summed E-state index contributed by atoms with van der Waals surface area (Å²) in [5.41, 5.74) is 1.56. The molecule has 2 aliphatic rings. The third-order valence-electron chi connectivity index (χ3n) is 7.19. The molecule has 4 rings (SSSR count). The number of carboxylic acid groups (broad SMARTS) is 1. The molecule has 33 heavy (non-hydrogen) atoms. The molecular formula is C27H30FNO4. The summed E-state index contributed by atoms with van der Waals surface area (Å²) in [5.74, 6) is -1.17. The van der Waals surface area contributed by atoms with Crippen molar-refractivity contribution < 1.29 is 24.2 Å². The molecule has 2 fully saturated rings. The van der Waals surface area contributed by atoms with Crippen LogP contribution in [0.3, 0.4) is 0 Å². The van der Waals surface area contributed by atoms with Gasteiger partial charge in [0.1, 0.15) is 5.82 Å². The molecule has 1 heterocycles. The normalized spacial score (nSPS) is 21.1. The number of rotatable bonds is 8. The molecule has 0 unspecified atom stereocenters. The summed E-state index contributed by atoms with van der Waals surface area (Å²) in [6.07, 6.45) is 8.39. The van der Waals surface area contributed by atoms with Crippen molar-refractivity contribution in [1.82, 2.24) is 4.90 Å². The molecule has 0 bridgehead atoms. The topological polar surface area (TPSA) is 77.8 Å². The van der Waals surface area contributed by atoms with Crippen LogP contribution in [-0.2, 0) is 16.6 Å². The quantitative estimate of drug-likeness (QED) is 0.580. The van der Waals surface area contributed by atoms with E-state index in [-0.39, 0.29) is 23.3 Å². The summed E-state index contributed by atoms with van der Waals surface area (Å²) in [6, 6.07) is 13.2. The van der Waals surface area contributed by atoms with Gasteiger partial charge < -0.3 is 15.1 Å². The smallest absolute Gasteiger partial charge is 0.335 e. The Morgan fingerprint density at radius 1 is 1.18 bits per heavy atom. The van der Waals surface area contributed by atoms with E-state index in [2.05, 4.69) is 0 Å². The highest BCUT2D eigenvalue weighted by Gasteiger charge is 2.41. The summed E-state index contributed by atoms with van der Waals surface area (Å²) in [5, 5.41) is 20.2. The second-order valence-corrected chi connectivity index (χ2v) is 9.15. The summed E-state index contributed by atoms with van der Waals surface area (Å²) in [7, 11) is 0. The van der Waals surface area contributed by atoms with Crippen molar-refractivity contribution in [3.05, 3.63) is 83.2 Å². The van der Waals surface area contributed by atoms with Crippen LogP contribution in [0.1, 0.15) is 60.0 Å². The third kappa shape index (κ3) is 5.01. The third-order valence-corrected chi connectivity index (χ3v) is 7.19. The van der Waals surface area contributed by atoms with Gasteiger partial charge in [0.25, 0.3) is 0 Å². The number of aliphatic hydroxyl groups excluding tert-OH is 1. The number of benzene rings is 2. The molecule has 174 valence electrons. The highest BCUT2D eigenvalue weighted by molar-refractivity contribution is 5.87. The maximum Gasteiger partial charge on any atom is 0.335 e. The van der Waals surface area contributed by atoms with Crippen LogP contribution in [0.15, 0.2) is 60.7 Å². The van der Waals surface area contributed by atoms with E-state index >= 15 is 0 Å². The van der Waals surface area contributed by atoms with Crippen molar-refractivity contribution in [3.8, 4) is 0 Å². The highest BCUT2D eigenvalue weighted by Crippen LogP contribution is 2.44. The Labute approximate surface area is 193 Å². The largest absolute Gasteiger partial charge is 0.478 e. The number of aliphatic hydroxyl groups is 1. The first-order valence-corrected chi connectivity index (χ1v) is 11.6. The van der Waals surface area contributed by atoms with Gasteiger partial charge >= 0.3 is 5.97 Å². The average Bonchev–Trinajstić information content (AvgIpc) is 3.44. The van der Waals surface area contributed by atoms with Gasteiger partial charge in [-0.1, -0.05) is 49.3 Å². The SMILES string of the molecule is O=C(O)c1ccc(CCN2C(=O)CC[C@@H]2/C=C/[C@H](O)C2(c3cccc(F)c3)CCCC2)cc1. The van der Waals surface area contributed by atoms with E-state index in [0.717, 1.165) is 36.8 Å². The molecule has 1 aliphatic carbocycles. The Morgan fingerprint density at radius 2 is 1.91 bits per heavy atom.